The normalized spacial score (nSPS) is 9.12. The molecule has 0 heterocycles. The van der Waals surface area contributed by atoms with Crippen molar-refractivity contribution in [3.63, 3.8) is 0 Å². The van der Waals surface area contributed by atoms with E-state index in [1.54, 1.807) is 19.2 Å². The highest BCUT2D eigenvalue weighted by Gasteiger charge is 2.02. The Labute approximate surface area is 102 Å². The van der Waals surface area contributed by atoms with Gasteiger partial charge in [0.25, 0.3) is 0 Å². The van der Waals surface area contributed by atoms with Gasteiger partial charge in [0, 0.05) is 19.0 Å². The van der Waals surface area contributed by atoms with E-state index in [1.807, 2.05) is 6.07 Å². The summed E-state index contributed by atoms with van der Waals surface area (Å²) < 4.78 is 5.12. The minimum Gasteiger partial charge on any atom is -0.497 e. The molecular weight excluding hydrogens is 212 g/mol. The van der Waals surface area contributed by atoms with Gasteiger partial charge in [0.1, 0.15) is 11.8 Å². The van der Waals surface area contributed by atoms with Gasteiger partial charge in [-0.3, -0.25) is 0 Å². The molecule has 1 aromatic rings. The maximum atomic E-state index is 8.97. The third-order valence-corrected chi connectivity index (χ3v) is 2.41. The van der Waals surface area contributed by atoms with Gasteiger partial charge < -0.3 is 10.1 Å². The molecule has 0 amide bonds. The molecule has 0 fully saturated rings. The van der Waals surface area contributed by atoms with E-state index in [4.69, 9.17) is 16.4 Å². The first-order valence-corrected chi connectivity index (χ1v) is 5.57. The van der Waals surface area contributed by atoms with Crippen molar-refractivity contribution in [2.45, 2.75) is 19.3 Å². The van der Waals surface area contributed by atoms with E-state index < -0.39 is 0 Å². The zero-order valence-corrected chi connectivity index (χ0v) is 9.99. The summed E-state index contributed by atoms with van der Waals surface area (Å²) in [4.78, 5) is 0. The molecule has 0 spiro atoms. The van der Waals surface area contributed by atoms with Crippen LogP contribution in [0.3, 0.4) is 0 Å². The maximum Gasteiger partial charge on any atom is 0.121 e. The number of hydrogen-bond donors (Lipinski definition) is 1. The van der Waals surface area contributed by atoms with Gasteiger partial charge in [0.15, 0.2) is 0 Å². The summed E-state index contributed by atoms with van der Waals surface area (Å²) in [5.41, 5.74) is 1.44. The van der Waals surface area contributed by atoms with Crippen molar-refractivity contribution in [2.24, 2.45) is 0 Å². The second-order valence-electron chi connectivity index (χ2n) is 3.61. The largest absolute Gasteiger partial charge is 0.497 e. The lowest BCUT2D eigenvalue weighted by atomic mass is 10.1. The lowest BCUT2D eigenvalue weighted by Gasteiger charge is -2.09. The SMILES string of the molecule is C#CCCCCNc1cc(OC)ccc1C#N. The van der Waals surface area contributed by atoms with Gasteiger partial charge in [-0.2, -0.15) is 5.26 Å². The van der Waals surface area contributed by atoms with Crippen LogP contribution in [0.5, 0.6) is 5.75 Å². The molecule has 0 aromatic heterocycles. The zero-order valence-electron chi connectivity index (χ0n) is 9.99. The lowest BCUT2D eigenvalue weighted by Crippen LogP contribution is -2.03. The van der Waals surface area contributed by atoms with Gasteiger partial charge in [-0.25, -0.2) is 0 Å². The fourth-order valence-electron chi connectivity index (χ4n) is 1.47. The number of hydrogen-bond acceptors (Lipinski definition) is 3. The highest BCUT2D eigenvalue weighted by molar-refractivity contribution is 5.60. The molecule has 1 N–H and O–H groups in total. The van der Waals surface area contributed by atoms with Crippen LogP contribution in [-0.4, -0.2) is 13.7 Å². The smallest absolute Gasteiger partial charge is 0.121 e. The molecule has 17 heavy (non-hydrogen) atoms. The third-order valence-electron chi connectivity index (χ3n) is 2.41. The van der Waals surface area contributed by atoms with Gasteiger partial charge in [-0.15, -0.1) is 12.3 Å². The van der Waals surface area contributed by atoms with Crippen LogP contribution >= 0.6 is 0 Å². The van der Waals surface area contributed by atoms with Crippen molar-refractivity contribution in [3.8, 4) is 24.2 Å². The summed E-state index contributed by atoms with van der Waals surface area (Å²) in [7, 11) is 1.61. The van der Waals surface area contributed by atoms with Crippen LogP contribution < -0.4 is 10.1 Å². The Morgan fingerprint density at radius 3 is 2.88 bits per heavy atom. The molecule has 0 saturated carbocycles. The Morgan fingerprint density at radius 2 is 2.24 bits per heavy atom. The molecule has 3 nitrogen and oxygen atoms in total. The highest BCUT2D eigenvalue weighted by atomic mass is 16.5. The van der Waals surface area contributed by atoms with Crippen molar-refractivity contribution in [1.82, 2.24) is 0 Å². The molecule has 3 heteroatoms. The van der Waals surface area contributed by atoms with E-state index >= 15 is 0 Å². The first kappa shape index (κ1) is 12.9. The van der Waals surface area contributed by atoms with Crippen LogP contribution in [0, 0.1) is 23.7 Å². The summed E-state index contributed by atoms with van der Waals surface area (Å²) in [6.45, 7) is 0.809. The van der Waals surface area contributed by atoms with Crippen LogP contribution in [0.15, 0.2) is 18.2 Å². The van der Waals surface area contributed by atoms with E-state index in [0.29, 0.717) is 5.56 Å². The molecule has 0 atom stereocenters. The number of terminal acetylenes is 1. The fraction of sp³-hybridized carbons (Fsp3) is 0.357. The van der Waals surface area contributed by atoms with E-state index in [9.17, 15) is 0 Å². The molecule has 0 saturated heterocycles. The number of ether oxygens (including phenoxy) is 1. The summed E-state index contributed by atoms with van der Waals surface area (Å²) in [6, 6.07) is 7.51. The zero-order chi connectivity index (χ0) is 12.5. The average Bonchev–Trinajstić information content (AvgIpc) is 2.38. The predicted octanol–water partition coefficient (Wildman–Crippen LogP) is 2.78. The standard InChI is InChI=1S/C14H16N2O/c1-3-4-5-6-9-16-14-10-13(17-2)8-7-12(14)11-15/h1,7-8,10,16H,4-6,9H2,2H3. The number of unbranched alkanes of at least 4 members (excludes halogenated alkanes) is 2. The summed E-state index contributed by atoms with van der Waals surface area (Å²) in [5, 5.41) is 12.2. The molecule has 1 rings (SSSR count). The maximum absolute atomic E-state index is 8.97. The Balaban J connectivity index is 2.57. The van der Waals surface area contributed by atoms with Gasteiger partial charge in [-0.1, -0.05) is 0 Å². The van der Waals surface area contributed by atoms with Gasteiger partial charge in [-0.05, 0) is 25.0 Å². The monoisotopic (exact) mass is 228 g/mol. The second kappa shape index (κ2) is 7.19. The molecule has 0 bridgehead atoms. The number of nitrogens with one attached hydrogen (secondary N) is 1. The van der Waals surface area contributed by atoms with Crippen LogP contribution in [0.1, 0.15) is 24.8 Å². The van der Waals surface area contributed by atoms with Gasteiger partial charge in [0.05, 0.1) is 18.4 Å². The summed E-state index contributed by atoms with van der Waals surface area (Å²) in [5.74, 6) is 3.35. The fourth-order valence-corrected chi connectivity index (χ4v) is 1.47. The molecular formula is C14H16N2O. The number of nitriles is 1. The van der Waals surface area contributed by atoms with E-state index in [2.05, 4.69) is 17.3 Å². The summed E-state index contributed by atoms with van der Waals surface area (Å²) in [6.07, 6.45) is 7.96. The van der Waals surface area contributed by atoms with E-state index in [-0.39, 0.29) is 0 Å². The van der Waals surface area contributed by atoms with Crippen molar-refractivity contribution in [3.05, 3.63) is 23.8 Å². The van der Waals surface area contributed by atoms with Crippen molar-refractivity contribution in [1.29, 1.82) is 5.26 Å². The first-order valence-electron chi connectivity index (χ1n) is 5.57. The lowest BCUT2D eigenvalue weighted by molar-refractivity contribution is 0.415. The number of methoxy groups -OCH3 is 1. The van der Waals surface area contributed by atoms with Crippen LogP contribution in [-0.2, 0) is 0 Å². The van der Waals surface area contributed by atoms with Gasteiger partial charge in [0.2, 0.25) is 0 Å². The molecule has 0 aliphatic heterocycles. The van der Waals surface area contributed by atoms with Gasteiger partial charge >= 0.3 is 0 Å². The number of nitrogens with zero attached hydrogens (tertiary/aromatic N) is 1. The van der Waals surface area contributed by atoms with E-state index in [0.717, 1.165) is 37.2 Å². The minimum atomic E-state index is 0.628. The number of benzene rings is 1. The topological polar surface area (TPSA) is 45.0 Å². The van der Waals surface area contributed by atoms with Crippen molar-refractivity contribution >= 4 is 5.69 Å². The van der Waals surface area contributed by atoms with Crippen LogP contribution in [0.25, 0.3) is 0 Å². The molecule has 1 aromatic carbocycles. The third kappa shape index (κ3) is 4.09. The average molecular weight is 228 g/mol. The first-order chi connectivity index (χ1) is 8.31. The van der Waals surface area contributed by atoms with E-state index in [1.165, 1.54) is 0 Å². The molecule has 0 aliphatic rings. The highest BCUT2D eigenvalue weighted by Crippen LogP contribution is 2.21. The van der Waals surface area contributed by atoms with Crippen LogP contribution in [0.2, 0.25) is 0 Å². The Morgan fingerprint density at radius 1 is 1.41 bits per heavy atom. The molecule has 0 radical (unpaired) electrons. The van der Waals surface area contributed by atoms with Crippen molar-refractivity contribution < 1.29 is 4.74 Å². The number of rotatable bonds is 6. The quantitative estimate of drug-likeness (QED) is 0.601. The predicted molar refractivity (Wildman–Crippen MR) is 68.9 cm³/mol. The molecule has 88 valence electrons. The molecule has 0 aliphatic carbocycles. The Kier molecular flexibility index (Phi) is 5.47. The number of anilines is 1. The van der Waals surface area contributed by atoms with Crippen LogP contribution in [0.4, 0.5) is 5.69 Å². The minimum absolute atomic E-state index is 0.628. The summed E-state index contributed by atoms with van der Waals surface area (Å²) >= 11 is 0. The second-order valence-corrected chi connectivity index (χ2v) is 3.61. The Hall–Kier alpha value is -2.13. The Bertz CT molecular complexity index is 441. The molecule has 0 unspecified atom stereocenters. The van der Waals surface area contributed by atoms with Crippen molar-refractivity contribution in [2.75, 3.05) is 19.0 Å².